The van der Waals surface area contributed by atoms with Gasteiger partial charge in [-0.15, -0.1) is 0 Å². The van der Waals surface area contributed by atoms with E-state index in [0.29, 0.717) is 17.8 Å². The molecule has 0 radical (unpaired) electrons. The molecule has 1 aliphatic heterocycles. The summed E-state index contributed by atoms with van der Waals surface area (Å²) < 4.78 is 5.47. The standard InChI is InChI=1S/C17H27NO/c1-3-13(2)16(14-7-5-4-6-8-14)17(18)15-9-11-19-12-10-15/h4-8,13,15-17H,3,9-12,18H2,1-2H3. The van der Waals surface area contributed by atoms with Crippen LogP contribution in [-0.2, 0) is 4.74 Å². The van der Waals surface area contributed by atoms with Gasteiger partial charge in [-0.25, -0.2) is 0 Å². The molecular weight excluding hydrogens is 234 g/mol. The molecule has 3 atom stereocenters. The summed E-state index contributed by atoms with van der Waals surface area (Å²) >= 11 is 0. The molecule has 1 saturated heterocycles. The molecule has 1 fully saturated rings. The van der Waals surface area contributed by atoms with Crippen LogP contribution in [0.15, 0.2) is 30.3 Å². The van der Waals surface area contributed by atoms with Gasteiger partial charge in [-0.05, 0) is 30.2 Å². The molecule has 0 saturated carbocycles. The predicted octanol–water partition coefficient (Wildman–Crippen LogP) is 3.57. The predicted molar refractivity (Wildman–Crippen MR) is 80.2 cm³/mol. The Labute approximate surface area is 117 Å². The summed E-state index contributed by atoms with van der Waals surface area (Å²) in [6.45, 7) is 6.34. The Morgan fingerprint density at radius 2 is 1.84 bits per heavy atom. The first-order valence-corrected chi connectivity index (χ1v) is 7.62. The average Bonchev–Trinajstić information content (AvgIpc) is 2.49. The molecule has 0 aliphatic carbocycles. The second kappa shape index (κ2) is 7.06. The van der Waals surface area contributed by atoms with Crippen molar-refractivity contribution in [2.45, 2.75) is 45.1 Å². The molecule has 2 N–H and O–H groups in total. The third kappa shape index (κ3) is 3.58. The molecule has 106 valence electrons. The summed E-state index contributed by atoms with van der Waals surface area (Å²) in [6.07, 6.45) is 3.40. The maximum Gasteiger partial charge on any atom is 0.0469 e. The highest BCUT2D eigenvalue weighted by Gasteiger charge is 2.31. The van der Waals surface area contributed by atoms with Crippen LogP contribution in [0, 0.1) is 11.8 Å². The van der Waals surface area contributed by atoms with Crippen molar-refractivity contribution < 1.29 is 4.74 Å². The van der Waals surface area contributed by atoms with Crippen LogP contribution in [0.5, 0.6) is 0 Å². The SMILES string of the molecule is CCC(C)C(c1ccccc1)C(N)C1CCOCC1. The second-order valence-electron chi connectivity index (χ2n) is 5.85. The Bertz CT molecular complexity index is 359. The van der Waals surface area contributed by atoms with Crippen molar-refractivity contribution in [2.75, 3.05) is 13.2 Å². The van der Waals surface area contributed by atoms with E-state index < -0.39 is 0 Å². The molecule has 2 nitrogen and oxygen atoms in total. The Morgan fingerprint density at radius 3 is 2.42 bits per heavy atom. The molecular formula is C17H27NO. The van der Waals surface area contributed by atoms with Gasteiger partial charge < -0.3 is 10.5 Å². The topological polar surface area (TPSA) is 35.2 Å². The van der Waals surface area contributed by atoms with Gasteiger partial charge in [0.1, 0.15) is 0 Å². The highest BCUT2D eigenvalue weighted by Crippen LogP contribution is 2.35. The maximum absolute atomic E-state index is 6.65. The van der Waals surface area contributed by atoms with Gasteiger partial charge in [0.05, 0.1) is 0 Å². The lowest BCUT2D eigenvalue weighted by molar-refractivity contribution is 0.0525. The fourth-order valence-corrected chi connectivity index (χ4v) is 3.25. The van der Waals surface area contributed by atoms with Crippen molar-refractivity contribution in [1.82, 2.24) is 0 Å². The van der Waals surface area contributed by atoms with Crippen molar-refractivity contribution in [2.24, 2.45) is 17.6 Å². The zero-order valence-corrected chi connectivity index (χ0v) is 12.2. The molecule has 2 rings (SSSR count). The minimum absolute atomic E-state index is 0.251. The van der Waals surface area contributed by atoms with Gasteiger partial charge in [0.25, 0.3) is 0 Å². The third-order valence-electron chi connectivity index (χ3n) is 4.67. The average molecular weight is 261 g/mol. The van der Waals surface area contributed by atoms with Gasteiger partial charge in [0.15, 0.2) is 0 Å². The van der Waals surface area contributed by atoms with Crippen LogP contribution in [0.3, 0.4) is 0 Å². The highest BCUT2D eigenvalue weighted by atomic mass is 16.5. The molecule has 1 heterocycles. The van der Waals surface area contributed by atoms with E-state index >= 15 is 0 Å². The summed E-state index contributed by atoms with van der Waals surface area (Å²) in [6, 6.07) is 11.0. The van der Waals surface area contributed by atoms with Crippen molar-refractivity contribution in [1.29, 1.82) is 0 Å². The molecule has 3 unspecified atom stereocenters. The summed E-state index contributed by atoms with van der Waals surface area (Å²) in [5.41, 5.74) is 8.04. The van der Waals surface area contributed by atoms with E-state index in [0.717, 1.165) is 26.1 Å². The van der Waals surface area contributed by atoms with Crippen molar-refractivity contribution in [3.63, 3.8) is 0 Å². The number of hydrogen-bond acceptors (Lipinski definition) is 2. The highest BCUT2D eigenvalue weighted by molar-refractivity contribution is 5.22. The van der Waals surface area contributed by atoms with E-state index in [2.05, 4.69) is 44.2 Å². The van der Waals surface area contributed by atoms with Gasteiger partial charge in [0.2, 0.25) is 0 Å². The Morgan fingerprint density at radius 1 is 1.21 bits per heavy atom. The van der Waals surface area contributed by atoms with Crippen LogP contribution in [0.2, 0.25) is 0 Å². The zero-order chi connectivity index (χ0) is 13.7. The summed E-state index contributed by atoms with van der Waals surface area (Å²) in [5, 5.41) is 0. The van der Waals surface area contributed by atoms with Crippen molar-refractivity contribution >= 4 is 0 Å². The first-order chi connectivity index (χ1) is 9.24. The van der Waals surface area contributed by atoms with Crippen LogP contribution < -0.4 is 5.73 Å². The molecule has 2 heteroatoms. The molecule has 1 aromatic rings. The lowest BCUT2D eigenvalue weighted by atomic mass is 9.74. The minimum Gasteiger partial charge on any atom is -0.381 e. The summed E-state index contributed by atoms with van der Waals surface area (Å²) in [4.78, 5) is 0. The maximum atomic E-state index is 6.65. The van der Waals surface area contributed by atoms with Crippen molar-refractivity contribution in [3.8, 4) is 0 Å². The number of hydrogen-bond donors (Lipinski definition) is 1. The van der Waals surface area contributed by atoms with Gasteiger partial charge in [-0.1, -0.05) is 50.6 Å². The van der Waals surface area contributed by atoms with E-state index in [1.54, 1.807) is 0 Å². The summed E-state index contributed by atoms with van der Waals surface area (Å²) in [5.74, 6) is 1.70. The first-order valence-electron chi connectivity index (χ1n) is 7.62. The van der Waals surface area contributed by atoms with E-state index in [1.165, 1.54) is 12.0 Å². The van der Waals surface area contributed by atoms with Gasteiger partial charge >= 0.3 is 0 Å². The smallest absolute Gasteiger partial charge is 0.0469 e. The lowest BCUT2D eigenvalue weighted by Gasteiger charge is -2.36. The van der Waals surface area contributed by atoms with Crippen LogP contribution in [0.4, 0.5) is 0 Å². The summed E-state index contributed by atoms with van der Waals surface area (Å²) in [7, 11) is 0. The number of ether oxygens (including phenoxy) is 1. The molecule has 1 aliphatic rings. The third-order valence-corrected chi connectivity index (χ3v) is 4.67. The van der Waals surface area contributed by atoms with Crippen molar-refractivity contribution in [3.05, 3.63) is 35.9 Å². The molecule has 0 spiro atoms. The van der Waals surface area contributed by atoms with Crippen LogP contribution >= 0.6 is 0 Å². The van der Waals surface area contributed by atoms with Gasteiger partial charge in [-0.2, -0.15) is 0 Å². The number of rotatable bonds is 5. The van der Waals surface area contributed by atoms with E-state index in [1.807, 2.05) is 0 Å². The van der Waals surface area contributed by atoms with Gasteiger partial charge in [0, 0.05) is 25.2 Å². The molecule has 1 aromatic carbocycles. The first kappa shape index (κ1) is 14.5. The number of nitrogens with two attached hydrogens (primary N) is 1. The van der Waals surface area contributed by atoms with Gasteiger partial charge in [-0.3, -0.25) is 0 Å². The quantitative estimate of drug-likeness (QED) is 0.879. The lowest BCUT2D eigenvalue weighted by Crippen LogP contribution is -2.41. The van der Waals surface area contributed by atoms with E-state index in [9.17, 15) is 0 Å². The Balaban J connectivity index is 2.17. The molecule has 19 heavy (non-hydrogen) atoms. The van der Waals surface area contributed by atoms with E-state index in [4.69, 9.17) is 10.5 Å². The minimum atomic E-state index is 0.251. The van der Waals surface area contributed by atoms with Crippen LogP contribution in [-0.4, -0.2) is 19.3 Å². The second-order valence-corrected chi connectivity index (χ2v) is 5.85. The van der Waals surface area contributed by atoms with Crippen LogP contribution in [0.25, 0.3) is 0 Å². The monoisotopic (exact) mass is 261 g/mol. The Hall–Kier alpha value is -0.860. The largest absolute Gasteiger partial charge is 0.381 e. The number of benzene rings is 1. The Kier molecular flexibility index (Phi) is 5.41. The fraction of sp³-hybridized carbons (Fsp3) is 0.647. The van der Waals surface area contributed by atoms with E-state index in [-0.39, 0.29) is 6.04 Å². The van der Waals surface area contributed by atoms with Crippen LogP contribution in [0.1, 0.15) is 44.6 Å². The molecule has 0 amide bonds. The zero-order valence-electron chi connectivity index (χ0n) is 12.2. The normalized spacial score (nSPS) is 21.8. The molecule has 0 aromatic heterocycles. The fourth-order valence-electron chi connectivity index (χ4n) is 3.25. The molecule has 0 bridgehead atoms.